The average Bonchev–Trinajstić information content (AvgIpc) is 2.42. The molecule has 0 radical (unpaired) electrons. The standard InChI is InChI=1S/C15H17NO3/c1-3-9-16-12-8-6-5-7-11(12)14(17)10-13(16)15(18)19-4-2/h5-8,10H,3-4,9H2,1-2H3. The van der Waals surface area contributed by atoms with Crippen LogP contribution in [-0.4, -0.2) is 17.1 Å². The van der Waals surface area contributed by atoms with Gasteiger partial charge >= 0.3 is 5.97 Å². The van der Waals surface area contributed by atoms with Gasteiger partial charge in [-0.1, -0.05) is 19.1 Å². The topological polar surface area (TPSA) is 48.3 Å². The lowest BCUT2D eigenvalue weighted by molar-refractivity contribution is 0.0513. The lowest BCUT2D eigenvalue weighted by Crippen LogP contribution is -2.20. The largest absolute Gasteiger partial charge is 0.461 e. The molecule has 0 saturated carbocycles. The number of benzene rings is 1. The van der Waals surface area contributed by atoms with Crippen molar-refractivity contribution in [3.05, 3.63) is 46.2 Å². The van der Waals surface area contributed by atoms with Gasteiger partial charge in [0.15, 0.2) is 5.43 Å². The molecule has 0 saturated heterocycles. The molecule has 0 aliphatic heterocycles. The fraction of sp³-hybridized carbons (Fsp3) is 0.333. The first-order chi connectivity index (χ1) is 9.19. The number of para-hydroxylation sites is 1. The second kappa shape index (κ2) is 5.69. The normalized spacial score (nSPS) is 10.6. The Morgan fingerprint density at radius 1 is 1.26 bits per heavy atom. The molecule has 4 nitrogen and oxygen atoms in total. The lowest BCUT2D eigenvalue weighted by atomic mass is 10.1. The maximum Gasteiger partial charge on any atom is 0.355 e. The van der Waals surface area contributed by atoms with Gasteiger partial charge in [-0.2, -0.15) is 0 Å². The van der Waals surface area contributed by atoms with Crippen LogP contribution in [0.3, 0.4) is 0 Å². The summed E-state index contributed by atoms with van der Waals surface area (Å²) in [6.07, 6.45) is 0.874. The van der Waals surface area contributed by atoms with Crippen LogP contribution in [0, 0.1) is 0 Å². The maximum atomic E-state index is 12.0. The highest BCUT2D eigenvalue weighted by molar-refractivity contribution is 5.91. The molecule has 0 fully saturated rings. The first kappa shape index (κ1) is 13.3. The van der Waals surface area contributed by atoms with Gasteiger partial charge < -0.3 is 9.30 Å². The summed E-state index contributed by atoms with van der Waals surface area (Å²) in [6, 6.07) is 8.69. The molecule has 2 rings (SSSR count). The number of hydrogen-bond donors (Lipinski definition) is 0. The molecule has 4 heteroatoms. The summed E-state index contributed by atoms with van der Waals surface area (Å²) in [5.74, 6) is -0.446. The Labute approximate surface area is 111 Å². The van der Waals surface area contributed by atoms with Gasteiger partial charge in [0.05, 0.1) is 12.1 Å². The Bertz CT molecular complexity index is 658. The van der Waals surface area contributed by atoms with Crippen LogP contribution in [0.1, 0.15) is 30.8 Å². The number of hydrogen-bond acceptors (Lipinski definition) is 3. The number of aryl methyl sites for hydroxylation is 1. The minimum absolute atomic E-state index is 0.147. The maximum absolute atomic E-state index is 12.0. The van der Waals surface area contributed by atoms with Crippen molar-refractivity contribution in [2.45, 2.75) is 26.8 Å². The fourth-order valence-corrected chi connectivity index (χ4v) is 2.17. The van der Waals surface area contributed by atoms with E-state index >= 15 is 0 Å². The SMILES string of the molecule is CCCn1c(C(=O)OCC)cc(=O)c2ccccc21. The van der Waals surface area contributed by atoms with E-state index in [2.05, 4.69) is 0 Å². The van der Waals surface area contributed by atoms with Crippen molar-refractivity contribution in [3.8, 4) is 0 Å². The molecular formula is C15H17NO3. The van der Waals surface area contributed by atoms with Crippen LogP contribution in [0.2, 0.25) is 0 Å². The number of carbonyl (C=O) groups is 1. The van der Waals surface area contributed by atoms with Crippen molar-refractivity contribution in [2.75, 3.05) is 6.61 Å². The van der Waals surface area contributed by atoms with Crippen LogP contribution in [0.15, 0.2) is 35.1 Å². The van der Waals surface area contributed by atoms with Gasteiger partial charge in [-0.25, -0.2) is 4.79 Å². The number of pyridine rings is 1. The summed E-state index contributed by atoms with van der Waals surface area (Å²) in [5.41, 5.74) is 0.957. The summed E-state index contributed by atoms with van der Waals surface area (Å²) in [4.78, 5) is 24.0. The second-order valence-electron chi connectivity index (χ2n) is 4.28. The van der Waals surface area contributed by atoms with Crippen molar-refractivity contribution in [3.63, 3.8) is 0 Å². The van der Waals surface area contributed by atoms with Crippen molar-refractivity contribution in [1.29, 1.82) is 0 Å². The molecule has 0 bridgehead atoms. The van der Waals surface area contributed by atoms with E-state index in [9.17, 15) is 9.59 Å². The second-order valence-corrected chi connectivity index (χ2v) is 4.28. The molecule has 0 amide bonds. The number of rotatable bonds is 4. The monoisotopic (exact) mass is 259 g/mol. The first-order valence-corrected chi connectivity index (χ1v) is 6.48. The smallest absolute Gasteiger partial charge is 0.355 e. The third kappa shape index (κ3) is 2.52. The van der Waals surface area contributed by atoms with Crippen LogP contribution in [0.4, 0.5) is 0 Å². The molecule has 2 aromatic rings. The molecule has 1 aromatic heterocycles. The quantitative estimate of drug-likeness (QED) is 0.793. The molecular weight excluding hydrogens is 242 g/mol. The molecule has 0 aliphatic carbocycles. The Kier molecular flexibility index (Phi) is 4.00. The van der Waals surface area contributed by atoms with E-state index < -0.39 is 5.97 Å². The van der Waals surface area contributed by atoms with Crippen LogP contribution < -0.4 is 5.43 Å². The Morgan fingerprint density at radius 3 is 2.68 bits per heavy atom. The van der Waals surface area contributed by atoms with Crippen molar-refractivity contribution in [1.82, 2.24) is 4.57 Å². The van der Waals surface area contributed by atoms with Crippen LogP contribution >= 0.6 is 0 Å². The van der Waals surface area contributed by atoms with E-state index in [-0.39, 0.29) is 5.43 Å². The highest BCUT2D eigenvalue weighted by Gasteiger charge is 2.15. The molecule has 0 N–H and O–H groups in total. The van der Waals surface area contributed by atoms with E-state index in [0.29, 0.717) is 24.2 Å². The van der Waals surface area contributed by atoms with E-state index in [1.54, 1.807) is 13.0 Å². The number of nitrogens with zero attached hydrogens (tertiary/aromatic N) is 1. The van der Waals surface area contributed by atoms with Crippen molar-refractivity contribution < 1.29 is 9.53 Å². The van der Waals surface area contributed by atoms with Crippen molar-refractivity contribution in [2.24, 2.45) is 0 Å². The number of aromatic nitrogens is 1. The van der Waals surface area contributed by atoms with E-state index in [0.717, 1.165) is 11.9 Å². The summed E-state index contributed by atoms with van der Waals surface area (Å²) in [5, 5.41) is 0.629. The highest BCUT2D eigenvalue weighted by atomic mass is 16.5. The Morgan fingerprint density at radius 2 is 2.00 bits per heavy atom. The average molecular weight is 259 g/mol. The van der Waals surface area contributed by atoms with Gasteiger partial charge in [-0.15, -0.1) is 0 Å². The molecule has 0 atom stereocenters. The van der Waals surface area contributed by atoms with Gasteiger partial charge in [-0.05, 0) is 25.5 Å². The Hall–Kier alpha value is -2.10. The Balaban J connectivity index is 2.72. The third-order valence-electron chi connectivity index (χ3n) is 2.95. The van der Waals surface area contributed by atoms with E-state index in [4.69, 9.17) is 4.74 Å². The van der Waals surface area contributed by atoms with Crippen LogP contribution in [0.5, 0.6) is 0 Å². The molecule has 19 heavy (non-hydrogen) atoms. The number of carbonyl (C=O) groups excluding carboxylic acids is 1. The van der Waals surface area contributed by atoms with Gasteiger partial charge in [0.1, 0.15) is 5.69 Å². The zero-order valence-electron chi connectivity index (χ0n) is 11.2. The van der Waals surface area contributed by atoms with Gasteiger partial charge in [0.2, 0.25) is 0 Å². The van der Waals surface area contributed by atoms with Crippen LogP contribution in [0.25, 0.3) is 10.9 Å². The molecule has 1 aromatic carbocycles. The zero-order valence-corrected chi connectivity index (χ0v) is 11.2. The number of ether oxygens (including phenoxy) is 1. The molecule has 1 heterocycles. The predicted octanol–water partition coefficient (Wildman–Crippen LogP) is 2.59. The number of esters is 1. The van der Waals surface area contributed by atoms with Crippen LogP contribution in [-0.2, 0) is 11.3 Å². The van der Waals surface area contributed by atoms with E-state index in [1.165, 1.54) is 6.07 Å². The summed E-state index contributed by atoms with van der Waals surface area (Å²) in [7, 11) is 0. The van der Waals surface area contributed by atoms with E-state index in [1.807, 2.05) is 29.7 Å². The fourth-order valence-electron chi connectivity index (χ4n) is 2.17. The molecule has 100 valence electrons. The molecule has 0 unspecified atom stereocenters. The zero-order chi connectivity index (χ0) is 13.8. The molecule has 0 aliphatic rings. The summed E-state index contributed by atoms with van der Waals surface area (Å²) < 4.78 is 6.88. The highest BCUT2D eigenvalue weighted by Crippen LogP contribution is 2.14. The number of fused-ring (bicyclic) bond motifs is 1. The van der Waals surface area contributed by atoms with Crippen molar-refractivity contribution >= 4 is 16.9 Å². The van der Waals surface area contributed by atoms with Gasteiger partial charge in [-0.3, -0.25) is 4.79 Å². The third-order valence-corrected chi connectivity index (χ3v) is 2.95. The summed E-state index contributed by atoms with van der Waals surface area (Å²) in [6.45, 7) is 4.75. The summed E-state index contributed by atoms with van der Waals surface area (Å²) >= 11 is 0. The van der Waals surface area contributed by atoms with Gasteiger partial charge in [0.25, 0.3) is 0 Å². The van der Waals surface area contributed by atoms with Gasteiger partial charge in [0, 0.05) is 18.0 Å². The lowest BCUT2D eigenvalue weighted by Gasteiger charge is -2.15. The minimum atomic E-state index is -0.446. The molecule has 0 spiro atoms. The first-order valence-electron chi connectivity index (χ1n) is 6.48. The predicted molar refractivity (Wildman–Crippen MR) is 74.5 cm³/mol. The minimum Gasteiger partial charge on any atom is -0.461 e.